The summed E-state index contributed by atoms with van der Waals surface area (Å²) in [4.78, 5) is 11.1. The lowest BCUT2D eigenvalue weighted by atomic mass is 10.0. The molecule has 0 spiro atoms. The topological polar surface area (TPSA) is 89.6 Å². The zero-order valence-corrected chi connectivity index (χ0v) is 11.9. The van der Waals surface area contributed by atoms with E-state index in [4.69, 9.17) is 17.3 Å². The molecule has 0 aliphatic rings. The van der Waals surface area contributed by atoms with Gasteiger partial charge in [0.05, 0.1) is 5.56 Å². The third kappa shape index (κ3) is 2.30. The molecule has 0 aliphatic heterocycles. The minimum atomic E-state index is -0.276. The highest BCUT2D eigenvalue weighted by Gasteiger charge is 2.20. The van der Waals surface area contributed by atoms with E-state index in [0.29, 0.717) is 27.8 Å². The summed E-state index contributed by atoms with van der Waals surface area (Å²) in [6.45, 7) is 0. The summed E-state index contributed by atoms with van der Waals surface area (Å²) in [6, 6.07) is 10.4. The molecule has 21 heavy (non-hydrogen) atoms. The minimum Gasteiger partial charge on any atom is -0.383 e. The molecule has 0 saturated carbocycles. The van der Waals surface area contributed by atoms with Crippen LogP contribution in [0, 0.1) is 0 Å². The van der Waals surface area contributed by atoms with E-state index in [1.165, 1.54) is 6.07 Å². The van der Waals surface area contributed by atoms with Gasteiger partial charge in [0.15, 0.2) is 0 Å². The van der Waals surface area contributed by atoms with E-state index < -0.39 is 0 Å². The van der Waals surface area contributed by atoms with Gasteiger partial charge in [-0.05, 0) is 12.1 Å². The maximum atomic E-state index is 11.1. The summed E-state index contributed by atoms with van der Waals surface area (Å²) in [6.07, 6.45) is 0. The van der Waals surface area contributed by atoms with Gasteiger partial charge in [-0.15, -0.1) is 0 Å². The number of rotatable bonds is 2. The molecule has 0 amide bonds. The van der Waals surface area contributed by atoms with E-state index >= 15 is 0 Å². The summed E-state index contributed by atoms with van der Waals surface area (Å²) in [5.74, 6) is 0.478. The molecule has 2 heterocycles. The molecule has 0 atom stereocenters. The van der Waals surface area contributed by atoms with Gasteiger partial charge in [0, 0.05) is 23.7 Å². The van der Waals surface area contributed by atoms with Gasteiger partial charge in [-0.25, -0.2) is 5.10 Å². The summed E-state index contributed by atoms with van der Waals surface area (Å²) >= 11 is 6.25. The first kappa shape index (κ1) is 13.4. The highest BCUT2D eigenvalue weighted by Crippen LogP contribution is 2.38. The number of nitrogens with one attached hydrogen (secondary N) is 1. The van der Waals surface area contributed by atoms with Crippen LogP contribution in [-0.4, -0.2) is 20.0 Å². The number of nitrogens with two attached hydrogens (primary N) is 1. The van der Waals surface area contributed by atoms with Crippen LogP contribution in [-0.2, 0) is 7.05 Å². The van der Waals surface area contributed by atoms with Crippen LogP contribution in [0.4, 0.5) is 5.82 Å². The predicted octanol–water partition coefficient (Wildman–Crippen LogP) is 2.07. The molecule has 2 aromatic heterocycles. The molecule has 6 nitrogen and oxygen atoms in total. The van der Waals surface area contributed by atoms with Crippen molar-refractivity contribution in [1.29, 1.82) is 0 Å². The number of hydrogen-bond donors (Lipinski definition) is 2. The second-order valence-corrected chi connectivity index (χ2v) is 4.93. The lowest BCUT2D eigenvalue weighted by Crippen LogP contribution is -2.06. The quantitative estimate of drug-likeness (QED) is 0.758. The van der Waals surface area contributed by atoms with E-state index in [0.717, 1.165) is 5.56 Å². The fourth-order valence-electron chi connectivity index (χ4n) is 2.12. The standard InChI is InChI=1S/C14H12ClN5O/c1-20-14(16)12(8-4-2-3-5-9(8)15)13(19-20)10-6-7-11(21)18-17-10/h2-7H,16H2,1H3,(H,18,21). The molecular weight excluding hydrogens is 290 g/mol. The summed E-state index contributed by atoms with van der Waals surface area (Å²) < 4.78 is 1.56. The number of nitrogens with zero attached hydrogens (tertiary/aromatic N) is 3. The van der Waals surface area contributed by atoms with Crippen LogP contribution in [0.3, 0.4) is 0 Å². The Kier molecular flexibility index (Phi) is 3.23. The van der Waals surface area contributed by atoms with Gasteiger partial charge in [0.1, 0.15) is 17.2 Å². The smallest absolute Gasteiger partial charge is 0.264 e. The third-order valence-corrected chi connectivity index (χ3v) is 3.49. The summed E-state index contributed by atoms with van der Waals surface area (Å²) in [5, 5.41) is 11.3. The molecule has 0 bridgehead atoms. The van der Waals surface area contributed by atoms with Crippen molar-refractivity contribution in [2.45, 2.75) is 0 Å². The van der Waals surface area contributed by atoms with Crippen LogP contribution >= 0.6 is 11.6 Å². The van der Waals surface area contributed by atoms with Crippen LogP contribution in [0.1, 0.15) is 0 Å². The molecule has 7 heteroatoms. The second-order valence-electron chi connectivity index (χ2n) is 4.52. The molecule has 0 radical (unpaired) electrons. The van der Waals surface area contributed by atoms with Crippen molar-refractivity contribution in [3.8, 4) is 22.5 Å². The van der Waals surface area contributed by atoms with E-state index in [9.17, 15) is 4.79 Å². The number of nitrogen functional groups attached to an aromatic ring is 1. The molecule has 3 rings (SSSR count). The normalized spacial score (nSPS) is 10.8. The molecular formula is C14H12ClN5O. The second kappa shape index (κ2) is 5.06. The van der Waals surface area contributed by atoms with Gasteiger partial charge in [-0.3, -0.25) is 9.48 Å². The monoisotopic (exact) mass is 301 g/mol. The fraction of sp³-hybridized carbons (Fsp3) is 0.0714. The van der Waals surface area contributed by atoms with Crippen LogP contribution < -0.4 is 11.3 Å². The Morgan fingerprint density at radius 1 is 1.24 bits per heavy atom. The first-order chi connectivity index (χ1) is 10.1. The average molecular weight is 302 g/mol. The molecule has 0 saturated heterocycles. The first-order valence-electron chi connectivity index (χ1n) is 6.21. The van der Waals surface area contributed by atoms with Gasteiger partial charge in [-0.1, -0.05) is 29.8 Å². The van der Waals surface area contributed by atoms with Crippen molar-refractivity contribution in [2.24, 2.45) is 7.05 Å². The van der Waals surface area contributed by atoms with Crippen molar-refractivity contribution in [3.63, 3.8) is 0 Å². The molecule has 106 valence electrons. The Bertz CT molecular complexity index is 848. The lowest BCUT2D eigenvalue weighted by molar-refractivity contribution is 0.780. The van der Waals surface area contributed by atoms with Crippen molar-refractivity contribution < 1.29 is 0 Å². The Balaban J connectivity index is 2.28. The van der Waals surface area contributed by atoms with Gasteiger partial charge in [-0.2, -0.15) is 10.2 Å². The highest BCUT2D eigenvalue weighted by molar-refractivity contribution is 6.33. The number of anilines is 1. The largest absolute Gasteiger partial charge is 0.383 e. The number of hydrogen-bond acceptors (Lipinski definition) is 4. The van der Waals surface area contributed by atoms with Gasteiger partial charge in [0.2, 0.25) is 0 Å². The Morgan fingerprint density at radius 3 is 2.67 bits per heavy atom. The van der Waals surface area contributed by atoms with Crippen molar-refractivity contribution >= 4 is 17.4 Å². The van der Waals surface area contributed by atoms with Crippen LogP contribution in [0.2, 0.25) is 5.02 Å². The molecule has 3 N–H and O–H groups in total. The number of aromatic amines is 1. The van der Waals surface area contributed by atoms with Crippen molar-refractivity contribution in [2.75, 3.05) is 5.73 Å². The average Bonchev–Trinajstić information content (AvgIpc) is 2.77. The van der Waals surface area contributed by atoms with Crippen LogP contribution in [0.5, 0.6) is 0 Å². The number of H-pyrrole nitrogens is 1. The lowest BCUT2D eigenvalue weighted by Gasteiger charge is -2.05. The number of halogens is 1. The summed E-state index contributed by atoms with van der Waals surface area (Å²) in [7, 11) is 1.74. The van der Waals surface area contributed by atoms with E-state index in [-0.39, 0.29) is 5.56 Å². The first-order valence-corrected chi connectivity index (χ1v) is 6.59. The fourth-order valence-corrected chi connectivity index (χ4v) is 2.35. The molecule has 0 fully saturated rings. The van der Waals surface area contributed by atoms with E-state index in [2.05, 4.69) is 15.3 Å². The minimum absolute atomic E-state index is 0.276. The Morgan fingerprint density at radius 2 is 2.00 bits per heavy atom. The SMILES string of the molecule is Cn1nc(-c2ccc(=O)[nH]n2)c(-c2ccccc2Cl)c1N. The van der Waals surface area contributed by atoms with Gasteiger partial charge >= 0.3 is 0 Å². The molecule has 1 aromatic carbocycles. The number of aryl methyl sites for hydroxylation is 1. The molecule has 0 unspecified atom stereocenters. The summed E-state index contributed by atoms with van der Waals surface area (Å²) in [5.41, 5.74) is 8.40. The number of aromatic nitrogens is 4. The van der Waals surface area contributed by atoms with E-state index in [1.54, 1.807) is 23.9 Å². The zero-order valence-electron chi connectivity index (χ0n) is 11.2. The molecule has 0 aliphatic carbocycles. The maximum absolute atomic E-state index is 11.1. The van der Waals surface area contributed by atoms with Gasteiger partial charge in [0.25, 0.3) is 5.56 Å². The van der Waals surface area contributed by atoms with Crippen LogP contribution in [0.15, 0.2) is 41.2 Å². The predicted molar refractivity (Wildman–Crippen MR) is 81.9 cm³/mol. The third-order valence-electron chi connectivity index (χ3n) is 3.16. The molecule has 3 aromatic rings. The van der Waals surface area contributed by atoms with Crippen molar-refractivity contribution in [1.82, 2.24) is 20.0 Å². The maximum Gasteiger partial charge on any atom is 0.264 e. The van der Waals surface area contributed by atoms with Gasteiger partial charge < -0.3 is 5.73 Å². The highest BCUT2D eigenvalue weighted by atomic mass is 35.5. The van der Waals surface area contributed by atoms with E-state index in [1.807, 2.05) is 18.2 Å². The van der Waals surface area contributed by atoms with Crippen molar-refractivity contribution in [3.05, 3.63) is 51.8 Å². The van der Waals surface area contributed by atoms with Crippen LogP contribution in [0.25, 0.3) is 22.5 Å². The Hall–Kier alpha value is -2.60. The Labute approximate surface area is 125 Å². The number of benzene rings is 1. The zero-order chi connectivity index (χ0) is 15.0.